The first kappa shape index (κ1) is 17.5. The number of nitrogens with one attached hydrogen (secondary N) is 2. The minimum Gasteiger partial charge on any atom is -0.440 e. The van der Waals surface area contributed by atoms with Crippen LogP contribution in [0.4, 0.5) is 18.0 Å². The molecule has 122 valence electrons. The van der Waals surface area contributed by atoms with Gasteiger partial charge in [-0.2, -0.15) is 13.2 Å². The molecular formula is C12H20F3N3O3. The van der Waals surface area contributed by atoms with Gasteiger partial charge in [-0.1, -0.05) is 0 Å². The molecule has 1 fully saturated rings. The predicted octanol–water partition coefficient (Wildman–Crippen LogP) is 0.875. The topological polar surface area (TPSA) is 70.7 Å². The van der Waals surface area contributed by atoms with Crippen LogP contribution in [-0.4, -0.2) is 62.4 Å². The molecule has 0 atom stereocenters. The van der Waals surface area contributed by atoms with Crippen LogP contribution in [0.25, 0.3) is 0 Å². The van der Waals surface area contributed by atoms with Gasteiger partial charge in [-0.15, -0.1) is 0 Å². The van der Waals surface area contributed by atoms with Crippen LogP contribution >= 0.6 is 0 Å². The Balaban J connectivity index is 2.09. The first-order valence-electron chi connectivity index (χ1n) is 6.71. The highest BCUT2D eigenvalue weighted by atomic mass is 19.4. The van der Waals surface area contributed by atoms with Crippen molar-refractivity contribution in [3.63, 3.8) is 0 Å². The van der Waals surface area contributed by atoms with Crippen molar-refractivity contribution >= 4 is 12.0 Å². The number of hydrogen-bond acceptors (Lipinski definition) is 4. The Morgan fingerprint density at radius 1 is 1.29 bits per heavy atom. The van der Waals surface area contributed by atoms with Gasteiger partial charge in [0.15, 0.2) is 6.61 Å². The van der Waals surface area contributed by atoms with Crippen LogP contribution in [0.1, 0.15) is 19.3 Å². The summed E-state index contributed by atoms with van der Waals surface area (Å²) in [5, 5.41) is 4.93. The van der Waals surface area contributed by atoms with E-state index in [1.807, 2.05) is 7.05 Å². The minimum atomic E-state index is -4.55. The van der Waals surface area contributed by atoms with Gasteiger partial charge in [-0.25, -0.2) is 4.79 Å². The molecule has 0 aliphatic carbocycles. The zero-order valence-corrected chi connectivity index (χ0v) is 11.8. The second-order valence-corrected chi connectivity index (χ2v) is 5.01. The number of nitrogens with zero attached hydrogens (tertiary/aromatic N) is 1. The van der Waals surface area contributed by atoms with E-state index >= 15 is 0 Å². The molecular weight excluding hydrogens is 291 g/mol. The SMILES string of the molecule is CN1CCC(NC(=O)CCNC(=O)OCC(F)(F)F)CC1. The quantitative estimate of drug-likeness (QED) is 0.790. The number of halogens is 3. The van der Waals surface area contributed by atoms with Crippen molar-refractivity contribution in [1.82, 2.24) is 15.5 Å². The maximum Gasteiger partial charge on any atom is 0.422 e. The van der Waals surface area contributed by atoms with E-state index in [2.05, 4.69) is 20.3 Å². The zero-order valence-electron chi connectivity index (χ0n) is 11.8. The van der Waals surface area contributed by atoms with Crippen molar-refractivity contribution in [3.05, 3.63) is 0 Å². The molecule has 1 rings (SSSR count). The summed E-state index contributed by atoms with van der Waals surface area (Å²) < 4.78 is 39.3. The van der Waals surface area contributed by atoms with Gasteiger partial charge in [0.25, 0.3) is 0 Å². The molecule has 0 saturated carbocycles. The lowest BCUT2D eigenvalue weighted by Crippen LogP contribution is -2.44. The largest absolute Gasteiger partial charge is 0.440 e. The van der Waals surface area contributed by atoms with E-state index in [-0.39, 0.29) is 24.9 Å². The average Bonchev–Trinajstić information content (AvgIpc) is 2.38. The van der Waals surface area contributed by atoms with Crippen LogP contribution in [0.2, 0.25) is 0 Å². The van der Waals surface area contributed by atoms with Gasteiger partial charge < -0.3 is 20.3 Å². The highest BCUT2D eigenvalue weighted by molar-refractivity contribution is 5.77. The van der Waals surface area contributed by atoms with Gasteiger partial charge >= 0.3 is 12.3 Å². The fourth-order valence-corrected chi connectivity index (χ4v) is 1.93. The number of piperidine rings is 1. The molecule has 0 aromatic carbocycles. The van der Waals surface area contributed by atoms with Crippen molar-refractivity contribution in [1.29, 1.82) is 0 Å². The summed E-state index contributed by atoms with van der Waals surface area (Å²) in [5.74, 6) is -0.235. The molecule has 6 nitrogen and oxygen atoms in total. The molecule has 0 unspecified atom stereocenters. The van der Waals surface area contributed by atoms with Crippen LogP contribution in [0.3, 0.4) is 0 Å². The number of rotatable bonds is 5. The number of likely N-dealkylation sites (tertiary alicyclic amines) is 1. The molecule has 2 N–H and O–H groups in total. The Bertz CT molecular complexity index is 355. The van der Waals surface area contributed by atoms with Gasteiger partial charge in [0.05, 0.1) is 0 Å². The van der Waals surface area contributed by atoms with Gasteiger partial charge in [-0.05, 0) is 33.0 Å². The Hall–Kier alpha value is -1.51. The molecule has 21 heavy (non-hydrogen) atoms. The Morgan fingerprint density at radius 3 is 2.48 bits per heavy atom. The lowest BCUT2D eigenvalue weighted by Gasteiger charge is -2.29. The number of ether oxygens (including phenoxy) is 1. The number of hydrogen-bond donors (Lipinski definition) is 2. The molecule has 1 aliphatic rings. The van der Waals surface area contributed by atoms with Crippen LogP contribution in [-0.2, 0) is 9.53 Å². The molecule has 0 aromatic heterocycles. The smallest absolute Gasteiger partial charge is 0.422 e. The van der Waals surface area contributed by atoms with E-state index in [0.29, 0.717) is 0 Å². The summed E-state index contributed by atoms with van der Waals surface area (Å²) >= 11 is 0. The average molecular weight is 311 g/mol. The Kier molecular flexibility index (Phi) is 6.73. The normalized spacial score (nSPS) is 17.3. The maximum absolute atomic E-state index is 11.8. The van der Waals surface area contributed by atoms with Crippen molar-refractivity contribution < 1.29 is 27.5 Å². The number of alkyl carbamates (subject to hydrolysis) is 1. The maximum atomic E-state index is 11.8. The fourth-order valence-electron chi connectivity index (χ4n) is 1.93. The van der Waals surface area contributed by atoms with E-state index in [1.165, 1.54) is 0 Å². The van der Waals surface area contributed by atoms with E-state index in [1.54, 1.807) is 0 Å². The minimum absolute atomic E-state index is 0.00740. The van der Waals surface area contributed by atoms with E-state index < -0.39 is 18.9 Å². The lowest BCUT2D eigenvalue weighted by molar-refractivity contribution is -0.160. The van der Waals surface area contributed by atoms with Crippen molar-refractivity contribution in [2.24, 2.45) is 0 Å². The summed E-state index contributed by atoms with van der Waals surface area (Å²) in [7, 11) is 2.01. The van der Waals surface area contributed by atoms with Crippen LogP contribution in [0.15, 0.2) is 0 Å². The third-order valence-corrected chi connectivity index (χ3v) is 3.07. The van der Waals surface area contributed by atoms with E-state index in [4.69, 9.17) is 0 Å². The first-order valence-corrected chi connectivity index (χ1v) is 6.71. The number of carbonyl (C=O) groups is 2. The standard InChI is InChI=1S/C12H20F3N3O3/c1-18-6-3-9(4-7-18)17-10(19)2-5-16-11(20)21-8-12(13,14)15/h9H,2-8H2,1H3,(H,16,20)(H,17,19). The molecule has 2 amide bonds. The number of amides is 2. The van der Waals surface area contributed by atoms with Crippen LogP contribution in [0, 0.1) is 0 Å². The number of carbonyl (C=O) groups excluding carboxylic acids is 2. The summed E-state index contributed by atoms with van der Waals surface area (Å²) in [5.41, 5.74) is 0. The summed E-state index contributed by atoms with van der Waals surface area (Å²) in [6.45, 7) is 0.121. The summed E-state index contributed by atoms with van der Waals surface area (Å²) in [4.78, 5) is 24.7. The van der Waals surface area contributed by atoms with Gasteiger partial charge in [0.1, 0.15) is 0 Å². The summed E-state index contributed by atoms with van der Waals surface area (Å²) in [6.07, 6.45) is -4.00. The molecule has 0 bridgehead atoms. The second-order valence-electron chi connectivity index (χ2n) is 5.01. The van der Waals surface area contributed by atoms with Crippen molar-refractivity contribution in [3.8, 4) is 0 Å². The molecule has 0 spiro atoms. The first-order chi connectivity index (χ1) is 9.76. The fraction of sp³-hybridized carbons (Fsp3) is 0.833. The molecule has 1 aliphatic heterocycles. The third-order valence-electron chi connectivity index (χ3n) is 3.07. The lowest BCUT2D eigenvalue weighted by atomic mass is 10.1. The van der Waals surface area contributed by atoms with Crippen molar-refractivity contribution in [2.75, 3.05) is 33.3 Å². The van der Waals surface area contributed by atoms with Crippen molar-refractivity contribution in [2.45, 2.75) is 31.5 Å². The third kappa shape index (κ3) is 8.38. The molecule has 1 heterocycles. The highest BCUT2D eigenvalue weighted by Gasteiger charge is 2.29. The van der Waals surface area contributed by atoms with Gasteiger partial charge in [0, 0.05) is 19.0 Å². The molecule has 1 saturated heterocycles. The second kappa shape index (κ2) is 8.06. The monoisotopic (exact) mass is 311 g/mol. The van der Waals surface area contributed by atoms with Crippen LogP contribution < -0.4 is 10.6 Å². The molecule has 0 radical (unpaired) electrons. The Labute approximate surface area is 121 Å². The Morgan fingerprint density at radius 2 is 1.90 bits per heavy atom. The van der Waals surface area contributed by atoms with Gasteiger partial charge in [0.2, 0.25) is 5.91 Å². The molecule has 9 heteroatoms. The number of alkyl halides is 3. The van der Waals surface area contributed by atoms with E-state index in [0.717, 1.165) is 25.9 Å². The van der Waals surface area contributed by atoms with E-state index in [9.17, 15) is 22.8 Å². The van der Waals surface area contributed by atoms with Gasteiger partial charge in [-0.3, -0.25) is 4.79 Å². The predicted molar refractivity (Wildman–Crippen MR) is 68.7 cm³/mol. The summed E-state index contributed by atoms with van der Waals surface area (Å²) in [6, 6.07) is 0.117. The van der Waals surface area contributed by atoms with Crippen LogP contribution in [0.5, 0.6) is 0 Å². The zero-order chi connectivity index (χ0) is 15.9. The highest BCUT2D eigenvalue weighted by Crippen LogP contribution is 2.14. The molecule has 0 aromatic rings.